The number of thiazole rings is 1. The maximum absolute atomic E-state index is 13.6. The number of halogens is 1. The molecule has 3 heterocycles. The highest BCUT2D eigenvalue weighted by atomic mass is 32.1. The molecule has 0 atom stereocenters. The van der Waals surface area contributed by atoms with E-state index in [2.05, 4.69) is 22.2 Å². The number of hydrogen-bond donors (Lipinski definition) is 1. The minimum Gasteiger partial charge on any atom is -0.351 e. The van der Waals surface area contributed by atoms with Gasteiger partial charge in [0.15, 0.2) is 0 Å². The predicted molar refractivity (Wildman–Crippen MR) is 124 cm³/mol. The lowest BCUT2D eigenvalue weighted by atomic mass is 9.98. The number of rotatable bonds is 5. The first-order chi connectivity index (χ1) is 15.2. The van der Waals surface area contributed by atoms with Gasteiger partial charge in [0.2, 0.25) is 5.95 Å². The van der Waals surface area contributed by atoms with Gasteiger partial charge in [-0.1, -0.05) is 12.8 Å². The summed E-state index contributed by atoms with van der Waals surface area (Å²) in [4.78, 5) is 17.8. The third-order valence-corrected chi connectivity index (χ3v) is 7.65. The largest absolute Gasteiger partial charge is 0.351 e. The van der Waals surface area contributed by atoms with E-state index in [0.29, 0.717) is 17.9 Å². The number of benzene rings is 1. The molecule has 7 heteroatoms. The maximum atomic E-state index is 13.6. The fourth-order valence-electron chi connectivity index (χ4n) is 4.55. The van der Waals surface area contributed by atoms with Crippen molar-refractivity contribution in [2.45, 2.75) is 50.5 Å². The first kappa shape index (κ1) is 20.5. The summed E-state index contributed by atoms with van der Waals surface area (Å²) < 4.78 is 13.6. The van der Waals surface area contributed by atoms with Gasteiger partial charge in [-0.15, -0.1) is 11.3 Å². The van der Waals surface area contributed by atoms with Crippen molar-refractivity contribution in [1.29, 1.82) is 0 Å². The van der Waals surface area contributed by atoms with Gasteiger partial charge in [-0.05, 0) is 76.2 Å². The average Bonchev–Trinajstić information content (AvgIpc) is 3.45. The summed E-state index contributed by atoms with van der Waals surface area (Å²) in [6, 6.07) is 9.04. The Kier molecular flexibility index (Phi) is 5.96. The van der Waals surface area contributed by atoms with Crippen molar-refractivity contribution in [3.63, 3.8) is 0 Å². The number of anilines is 1. The SMILES string of the molecule is CN1CCC(c2nc(-c3ccc(F)cc3)c(-c3ccnc(NC4CCCC4)n3)s2)CC1. The normalized spacial score (nSPS) is 18.5. The molecule has 1 aromatic carbocycles. The Morgan fingerprint density at radius 2 is 1.74 bits per heavy atom. The van der Waals surface area contributed by atoms with Crippen LogP contribution in [-0.2, 0) is 0 Å². The minimum atomic E-state index is -0.235. The highest BCUT2D eigenvalue weighted by Crippen LogP contribution is 2.41. The highest BCUT2D eigenvalue weighted by molar-refractivity contribution is 7.15. The fourth-order valence-corrected chi connectivity index (χ4v) is 5.78. The molecule has 0 bridgehead atoms. The molecule has 5 rings (SSSR count). The van der Waals surface area contributed by atoms with Crippen LogP contribution in [0.2, 0.25) is 0 Å². The van der Waals surface area contributed by atoms with Crippen LogP contribution in [0.5, 0.6) is 0 Å². The van der Waals surface area contributed by atoms with Crippen LogP contribution in [0.15, 0.2) is 36.5 Å². The van der Waals surface area contributed by atoms with Crippen LogP contribution in [0.4, 0.5) is 10.3 Å². The highest BCUT2D eigenvalue weighted by Gasteiger charge is 2.25. The van der Waals surface area contributed by atoms with Crippen LogP contribution in [0, 0.1) is 5.82 Å². The van der Waals surface area contributed by atoms with E-state index in [1.807, 2.05) is 24.4 Å². The van der Waals surface area contributed by atoms with E-state index in [4.69, 9.17) is 9.97 Å². The second-order valence-corrected chi connectivity index (χ2v) is 9.74. The first-order valence-corrected chi connectivity index (χ1v) is 12.0. The van der Waals surface area contributed by atoms with Crippen LogP contribution in [0.25, 0.3) is 21.8 Å². The first-order valence-electron chi connectivity index (χ1n) is 11.2. The Balaban J connectivity index is 1.51. The molecule has 1 aliphatic heterocycles. The van der Waals surface area contributed by atoms with Crippen LogP contribution < -0.4 is 5.32 Å². The van der Waals surface area contributed by atoms with Crippen LogP contribution in [0.1, 0.15) is 49.5 Å². The second kappa shape index (κ2) is 9.01. The van der Waals surface area contributed by atoms with Crippen LogP contribution in [-0.4, -0.2) is 46.0 Å². The number of aromatic nitrogens is 3. The predicted octanol–water partition coefficient (Wildman–Crippen LogP) is 5.57. The lowest BCUT2D eigenvalue weighted by molar-refractivity contribution is 0.255. The smallest absolute Gasteiger partial charge is 0.223 e. The Morgan fingerprint density at radius 1 is 1.00 bits per heavy atom. The summed E-state index contributed by atoms with van der Waals surface area (Å²) >= 11 is 1.73. The van der Waals surface area contributed by atoms with Crippen molar-refractivity contribution in [1.82, 2.24) is 19.9 Å². The van der Waals surface area contributed by atoms with Crippen molar-refractivity contribution in [2.24, 2.45) is 0 Å². The molecule has 5 nitrogen and oxygen atoms in total. The van der Waals surface area contributed by atoms with E-state index >= 15 is 0 Å². The van der Waals surface area contributed by atoms with Crippen molar-refractivity contribution in [3.8, 4) is 21.8 Å². The molecule has 0 unspecified atom stereocenters. The summed E-state index contributed by atoms with van der Waals surface area (Å²) in [5.74, 6) is 0.914. The fraction of sp³-hybridized carbons (Fsp3) is 0.458. The Morgan fingerprint density at radius 3 is 2.48 bits per heavy atom. The summed E-state index contributed by atoms with van der Waals surface area (Å²) in [5.41, 5.74) is 2.70. The molecule has 1 saturated carbocycles. The van der Waals surface area contributed by atoms with Gasteiger partial charge in [-0.25, -0.2) is 19.3 Å². The van der Waals surface area contributed by atoms with Crippen LogP contribution in [0.3, 0.4) is 0 Å². The molecule has 162 valence electrons. The molecule has 31 heavy (non-hydrogen) atoms. The monoisotopic (exact) mass is 437 g/mol. The molecule has 0 amide bonds. The Bertz CT molecular complexity index is 1020. The van der Waals surface area contributed by atoms with E-state index in [-0.39, 0.29) is 5.82 Å². The molecule has 2 fully saturated rings. The molecule has 0 radical (unpaired) electrons. The van der Waals surface area contributed by atoms with E-state index in [1.54, 1.807) is 11.3 Å². The Labute approximate surface area is 186 Å². The third-order valence-electron chi connectivity index (χ3n) is 6.41. The molecular weight excluding hydrogens is 409 g/mol. The summed E-state index contributed by atoms with van der Waals surface area (Å²) in [6.45, 7) is 2.18. The number of likely N-dealkylation sites (tertiary alicyclic amines) is 1. The lowest BCUT2D eigenvalue weighted by Crippen LogP contribution is -2.29. The van der Waals surface area contributed by atoms with Gasteiger partial charge in [0.1, 0.15) is 5.82 Å². The molecule has 2 aromatic heterocycles. The van der Waals surface area contributed by atoms with E-state index in [9.17, 15) is 4.39 Å². The number of nitrogens with one attached hydrogen (secondary N) is 1. The zero-order chi connectivity index (χ0) is 21.2. The van der Waals surface area contributed by atoms with E-state index in [1.165, 1.54) is 37.8 Å². The second-order valence-electron chi connectivity index (χ2n) is 8.71. The van der Waals surface area contributed by atoms with Gasteiger partial charge >= 0.3 is 0 Å². The zero-order valence-electron chi connectivity index (χ0n) is 17.9. The lowest BCUT2D eigenvalue weighted by Gasteiger charge is -2.27. The summed E-state index contributed by atoms with van der Waals surface area (Å²) in [5, 5.41) is 4.66. The van der Waals surface area contributed by atoms with Crippen molar-refractivity contribution in [2.75, 3.05) is 25.5 Å². The van der Waals surface area contributed by atoms with Crippen molar-refractivity contribution >= 4 is 17.3 Å². The van der Waals surface area contributed by atoms with E-state index < -0.39 is 0 Å². The standard InChI is InChI=1S/C24H28FN5S/c1-30-14-11-17(12-15-30)23-29-21(16-6-8-18(25)9-7-16)22(31-23)20-10-13-26-24(28-20)27-19-4-2-3-5-19/h6-10,13,17,19H,2-5,11-12,14-15H2,1H3,(H,26,27,28). The molecule has 0 spiro atoms. The van der Waals surface area contributed by atoms with Crippen LogP contribution >= 0.6 is 11.3 Å². The molecule has 1 aliphatic carbocycles. The maximum Gasteiger partial charge on any atom is 0.223 e. The molecule has 1 N–H and O–H groups in total. The number of nitrogens with zero attached hydrogens (tertiary/aromatic N) is 4. The van der Waals surface area contributed by atoms with Gasteiger partial charge in [0, 0.05) is 23.7 Å². The average molecular weight is 438 g/mol. The van der Waals surface area contributed by atoms with Crippen molar-refractivity contribution < 1.29 is 4.39 Å². The van der Waals surface area contributed by atoms with Gasteiger partial charge in [-0.2, -0.15) is 0 Å². The number of hydrogen-bond acceptors (Lipinski definition) is 6. The Hall–Kier alpha value is -2.38. The molecule has 2 aliphatic rings. The molecule has 3 aromatic rings. The van der Waals surface area contributed by atoms with Gasteiger partial charge in [0.25, 0.3) is 0 Å². The van der Waals surface area contributed by atoms with Gasteiger partial charge in [-0.3, -0.25) is 0 Å². The van der Waals surface area contributed by atoms with E-state index in [0.717, 1.165) is 52.8 Å². The van der Waals surface area contributed by atoms with Crippen molar-refractivity contribution in [3.05, 3.63) is 47.4 Å². The van der Waals surface area contributed by atoms with Gasteiger partial charge in [0.05, 0.1) is 21.3 Å². The summed E-state index contributed by atoms with van der Waals surface area (Å²) in [7, 11) is 2.17. The topological polar surface area (TPSA) is 53.9 Å². The quantitative estimate of drug-likeness (QED) is 0.565. The summed E-state index contributed by atoms with van der Waals surface area (Å²) in [6.07, 6.45) is 8.93. The zero-order valence-corrected chi connectivity index (χ0v) is 18.7. The third kappa shape index (κ3) is 4.62. The molecular formula is C24H28FN5S. The molecule has 1 saturated heterocycles. The van der Waals surface area contributed by atoms with Gasteiger partial charge < -0.3 is 10.2 Å². The number of piperidine rings is 1. The minimum absolute atomic E-state index is 0.235.